The highest BCUT2D eigenvalue weighted by Crippen LogP contribution is 2.30. The lowest BCUT2D eigenvalue weighted by Gasteiger charge is -2.21. The Morgan fingerprint density at radius 3 is 2.71 bits per heavy atom. The zero-order valence-electron chi connectivity index (χ0n) is 11.5. The molecule has 0 spiro atoms. The summed E-state index contributed by atoms with van der Waals surface area (Å²) in [6, 6.07) is 5.01. The van der Waals surface area contributed by atoms with Crippen LogP contribution in [0.15, 0.2) is 28.8 Å². The largest absolute Gasteiger partial charge is 0.361 e. The van der Waals surface area contributed by atoms with Crippen LogP contribution in [0.2, 0.25) is 0 Å². The minimum Gasteiger partial charge on any atom is -0.361 e. The number of halogens is 2. The van der Waals surface area contributed by atoms with E-state index in [-0.39, 0.29) is 29.8 Å². The highest BCUT2D eigenvalue weighted by Gasteiger charge is 2.34. The lowest BCUT2D eigenvalue weighted by Crippen LogP contribution is -2.33. The molecule has 21 heavy (non-hydrogen) atoms. The van der Waals surface area contributed by atoms with E-state index in [0.717, 1.165) is 18.9 Å². The van der Waals surface area contributed by atoms with E-state index in [2.05, 4.69) is 5.16 Å². The first-order chi connectivity index (χ1) is 10.0. The second-order valence-electron chi connectivity index (χ2n) is 5.22. The number of nitrogens with zero attached hydrogens (tertiary/aromatic N) is 2. The molecule has 1 heterocycles. The Hall–Kier alpha value is -2.24. The number of rotatable bonds is 4. The highest BCUT2D eigenvalue weighted by molar-refractivity contribution is 5.92. The number of carbonyl (C=O) groups is 1. The van der Waals surface area contributed by atoms with Gasteiger partial charge in [-0.2, -0.15) is 0 Å². The van der Waals surface area contributed by atoms with E-state index in [1.165, 1.54) is 12.1 Å². The van der Waals surface area contributed by atoms with Gasteiger partial charge in [0.15, 0.2) is 5.69 Å². The van der Waals surface area contributed by atoms with Crippen LogP contribution >= 0.6 is 0 Å². The zero-order valence-corrected chi connectivity index (χ0v) is 11.5. The Morgan fingerprint density at radius 2 is 2.14 bits per heavy atom. The van der Waals surface area contributed by atoms with Gasteiger partial charge in [-0.1, -0.05) is 11.2 Å². The van der Waals surface area contributed by atoms with Crippen molar-refractivity contribution in [3.05, 3.63) is 52.9 Å². The molecule has 1 amide bonds. The molecule has 4 nitrogen and oxygen atoms in total. The van der Waals surface area contributed by atoms with E-state index in [1.54, 1.807) is 17.9 Å². The maximum atomic E-state index is 13.8. The number of benzene rings is 1. The Labute approximate surface area is 120 Å². The Balaban J connectivity index is 1.83. The standard InChI is InChI=1S/C15H14F2N2O2/c1-9-6-14(18-21-9)15(20)19(12-4-5-12)8-10-2-3-11(16)7-13(10)17/h2-3,6-7,12H,4-5,8H2,1H3. The van der Waals surface area contributed by atoms with E-state index in [0.29, 0.717) is 5.76 Å². The van der Waals surface area contributed by atoms with Crippen molar-refractivity contribution in [2.45, 2.75) is 32.4 Å². The second kappa shape index (κ2) is 5.27. The van der Waals surface area contributed by atoms with Gasteiger partial charge in [0.25, 0.3) is 5.91 Å². The van der Waals surface area contributed by atoms with Gasteiger partial charge in [-0.05, 0) is 25.8 Å². The van der Waals surface area contributed by atoms with Crippen molar-refractivity contribution < 1.29 is 18.1 Å². The third-order valence-corrected chi connectivity index (χ3v) is 3.45. The maximum Gasteiger partial charge on any atom is 0.276 e. The first-order valence-electron chi connectivity index (χ1n) is 6.73. The molecule has 2 aromatic rings. The molecule has 1 aliphatic rings. The van der Waals surface area contributed by atoms with Gasteiger partial charge < -0.3 is 9.42 Å². The summed E-state index contributed by atoms with van der Waals surface area (Å²) in [7, 11) is 0. The average molecular weight is 292 g/mol. The van der Waals surface area contributed by atoms with Crippen LogP contribution in [0.5, 0.6) is 0 Å². The van der Waals surface area contributed by atoms with Crippen LogP contribution in [0.25, 0.3) is 0 Å². The molecule has 1 aromatic carbocycles. The minimum atomic E-state index is -0.648. The summed E-state index contributed by atoms with van der Waals surface area (Å²) in [6.45, 7) is 1.80. The Morgan fingerprint density at radius 1 is 1.38 bits per heavy atom. The maximum absolute atomic E-state index is 13.8. The van der Waals surface area contributed by atoms with E-state index < -0.39 is 11.6 Å². The van der Waals surface area contributed by atoms with Crippen molar-refractivity contribution >= 4 is 5.91 Å². The lowest BCUT2D eigenvalue weighted by atomic mass is 10.2. The molecule has 1 saturated carbocycles. The van der Waals surface area contributed by atoms with Crippen LogP contribution < -0.4 is 0 Å². The summed E-state index contributed by atoms with van der Waals surface area (Å²) in [4.78, 5) is 14.0. The summed E-state index contributed by atoms with van der Waals surface area (Å²) in [6.07, 6.45) is 1.76. The number of amides is 1. The second-order valence-corrected chi connectivity index (χ2v) is 5.22. The van der Waals surface area contributed by atoms with Crippen molar-refractivity contribution in [1.29, 1.82) is 0 Å². The van der Waals surface area contributed by atoms with Gasteiger partial charge in [0.05, 0.1) is 0 Å². The van der Waals surface area contributed by atoms with E-state index in [9.17, 15) is 13.6 Å². The summed E-state index contributed by atoms with van der Waals surface area (Å²) >= 11 is 0. The molecule has 6 heteroatoms. The fourth-order valence-corrected chi connectivity index (χ4v) is 2.20. The predicted octanol–water partition coefficient (Wildman–Crippen LogP) is 3.07. The van der Waals surface area contributed by atoms with Gasteiger partial charge in [-0.25, -0.2) is 8.78 Å². The van der Waals surface area contributed by atoms with Gasteiger partial charge in [-0.3, -0.25) is 4.79 Å². The van der Waals surface area contributed by atoms with Crippen LogP contribution in [-0.2, 0) is 6.54 Å². The molecule has 0 bridgehead atoms. The number of carbonyl (C=O) groups excluding carboxylic acids is 1. The lowest BCUT2D eigenvalue weighted by molar-refractivity contribution is 0.0717. The van der Waals surface area contributed by atoms with E-state index in [4.69, 9.17) is 4.52 Å². The van der Waals surface area contributed by atoms with Crippen LogP contribution in [0, 0.1) is 18.6 Å². The molecule has 1 aliphatic carbocycles. The van der Waals surface area contributed by atoms with Crippen molar-refractivity contribution in [3.8, 4) is 0 Å². The van der Waals surface area contributed by atoms with E-state index >= 15 is 0 Å². The van der Waals surface area contributed by atoms with Gasteiger partial charge in [0.2, 0.25) is 0 Å². The molecule has 3 rings (SSSR count). The summed E-state index contributed by atoms with van der Waals surface area (Å²) in [5.41, 5.74) is 0.499. The molecule has 0 atom stereocenters. The topological polar surface area (TPSA) is 46.3 Å². The smallest absolute Gasteiger partial charge is 0.276 e. The third-order valence-electron chi connectivity index (χ3n) is 3.45. The first-order valence-corrected chi connectivity index (χ1v) is 6.73. The fourth-order valence-electron chi connectivity index (χ4n) is 2.20. The summed E-state index contributed by atoms with van der Waals surface area (Å²) in [5.74, 6) is -1.03. The van der Waals surface area contributed by atoms with Gasteiger partial charge in [0, 0.05) is 30.3 Å². The van der Waals surface area contributed by atoms with Crippen LogP contribution in [-0.4, -0.2) is 22.0 Å². The molecule has 0 unspecified atom stereocenters. The Kier molecular flexibility index (Phi) is 3.45. The molecule has 0 radical (unpaired) electrons. The molecule has 0 aliphatic heterocycles. The molecule has 110 valence electrons. The SMILES string of the molecule is Cc1cc(C(=O)N(Cc2ccc(F)cc2F)C2CC2)no1. The summed E-state index contributed by atoms with van der Waals surface area (Å²) < 4.78 is 31.6. The molecular formula is C15H14F2N2O2. The quantitative estimate of drug-likeness (QED) is 0.870. The normalized spacial score (nSPS) is 14.2. The van der Waals surface area contributed by atoms with Gasteiger partial charge in [0.1, 0.15) is 17.4 Å². The third kappa shape index (κ3) is 2.94. The molecular weight excluding hydrogens is 278 g/mol. The predicted molar refractivity (Wildman–Crippen MR) is 70.5 cm³/mol. The van der Waals surface area contributed by atoms with Crippen molar-refractivity contribution in [3.63, 3.8) is 0 Å². The fraction of sp³-hybridized carbons (Fsp3) is 0.333. The average Bonchev–Trinajstić information content (AvgIpc) is 3.18. The first kappa shape index (κ1) is 13.7. The molecule has 1 fully saturated rings. The number of aryl methyl sites for hydroxylation is 1. The summed E-state index contributed by atoms with van der Waals surface area (Å²) in [5, 5.41) is 3.70. The monoisotopic (exact) mass is 292 g/mol. The van der Waals surface area contributed by atoms with Crippen molar-refractivity contribution in [2.24, 2.45) is 0 Å². The zero-order chi connectivity index (χ0) is 15.0. The number of hydrogen-bond acceptors (Lipinski definition) is 3. The van der Waals surface area contributed by atoms with Crippen molar-refractivity contribution in [2.75, 3.05) is 0 Å². The van der Waals surface area contributed by atoms with Gasteiger partial charge >= 0.3 is 0 Å². The van der Waals surface area contributed by atoms with Crippen molar-refractivity contribution in [1.82, 2.24) is 10.1 Å². The van der Waals surface area contributed by atoms with Crippen LogP contribution in [0.3, 0.4) is 0 Å². The van der Waals surface area contributed by atoms with Crippen LogP contribution in [0.4, 0.5) is 8.78 Å². The number of hydrogen-bond donors (Lipinski definition) is 0. The Bertz CT molecular complexity index is 680. The van der Waals surface area contributed by atoms with Gasteiger partial charge in [-0.15, -0.1) is 0 Å². The van der Waals surface area contributed by atoms with E-state index in [1.807, 2.05) is 0 Å². The molecule has 0 saturated heterocycles. The molecule has 1 aromatic heterocycles. The highest BCUT2D eigenvalue weighted by atomic mass is 19.1. The molecule has 0 N–H and O–H groups in total. The van der Waals surface area contributed by atoms with Crippen LogP contribution in [0.1, 0.15) is 34.7 Å². The minimum absolute atomic E-state index is 0.0824. The number of aromatic nitrogens is 1.